The van der Waals surface area contributed by atoms with Crippen molar-refractivity contribution in [1.29, 1.82) is 0 Å². The topological polar surface area (TPSA) is 64.6 Å². The number of hydrogen-bond acceptors (Lipinski definition) is 4. The van der Waals surface area contributed by atoms with E-state index in [2.05, 4.69) is 5.32 Å². The first-order valence-corrected chi connectivity index (χ1v) is 7.42. The smallest absolute Gasteiger partial charge is 0.408 e. The Balaban J connectivity index is 2.81. The second-order valence-electron chi connectivity index (χ2n) is 6.45. The molecule has 1 amide bonds. The number of cyclic esters (lactones) is 1. The molecule has 0 radical (unpaired) electrons. The third kappa shape index (κ3) is 3.87. The van der Waals surface area contributed by atoms with Crippen LogP contribution in [0.4, 0.5) is 4.79 Å². The van der Waals surface area contributed by atoms with Crippen LogP contribution in [0.2, 0.25) is 0 Å². The number of alkyl carbamates (subject to hydrolysis) is 1. The Bertz CT molecular complexity index is 353. The normalized spacial score (nSPS) is 21.4. The molecule has 0 saturated carbocycles. The highest BCUT2D eigenvalue weighted by molar-refractivity contribution is 5.81. The summed E-state index contributed by atoms with van der Waals surface area (Å²) in [6.45, 7) is 9.75. The van der Waals surface area contributed by atoms with E-state index in [1.54, 1.807) is 0 Å². The predicted octanol–water partition coefficient (Wildman–Crippen LogP) is 3.02. The van der Waals surface area contributed by atoms with Crippen molar-refractivity contribution in [3.05, 3.63) is 0 Å². The SMILES string of the molecule is CCCC1(CCC)C(=O)OCC1NC(=O)OC(C)(C)C. The van der Waals surface area contributed by atoms with Crippen LogP contribution in [-0.4, -0.2) is 30.3 Å². The van der Waals surface area contributed by atoms with E-state index in [1.165, 1.54) is 0 Å². The summed E-state index contributed by atoms with van der Waals surface area (Å²) in [5.74, 6) is -0.192. The molecule has 1 aliphatic heterocycles. The highest BCUT2D eigenvalue weighted by Crippen LogP contribution is 2.39. The molecule has 0 spiro atoms. The maximum atomic E-state index is 12.1. The number of hydrogen-bond donors (Lipinski definition) is 1. The molecule has 0 aromatic carbocycles. The predicted molar refractivity (Wildman–Crippen MR) is 76.4 cm³/mol. The molecule has 1 heterocycles. The first kappa shape index (κ1) is 16.8. The maximum absolute atomic E-state index is 12.1. The summed E-state index contributed by atoms with van der Waals surface area (Å²) in [5, 5.41) is 2.82. The van der Waals surface area contributed by atoms with E-state index in [0.717, 1.165) is 25.7 Å². The number of nitrogens with one attached hydrogen (secondary N) is 1. The van der Waals surface area contributed by atoms with E-state index >= 15 is 0 Å². The number of amides is 1. The molecule has 0 bridgehead atoms. The molecule has 0 aromatic rings. The summed E-state index contributed by atoms with van der Waals surface area (Å²) < 4.78 is 10.5. The Labute approximate surface area is 121 Å². The fourth-order valence-electron chi connectivity index (χ4n) is 2.80. The molecule has 1 fully saturated rings. The molecular weight excluding hydrogens is 258 g/mol. The molecule has 5 heteroatoms. The third-order valence-electron chi connectivity index (χ3n) is 3.54. The summed E-state index contributed by atoms with van der Waals surface area (Å²) in [6.07, 6.45) is 2.71. The molecule has 1 atom stereocenters. The van der Waals surface area contributed by atoms with Crippen molar-refractivity contribution in [2.24, 2.45) is 5.41 Å². The van der Waals surface area contributed by atoms with Gasteiger partial charge in [0.15, 0.2) is 0 Å². The minimum absolute atomic E-state index is 0.192. The lowest BCUT2D eigenvalue weighted by Crippen LogP contribution is -2.49. The first-order chi connectivity index (χ1) is 9.25. The highest BCUT2D eigenvalue weighted by atomic mass is 16.6. The average Bonchev–Trinajstić information content (AvgIpc) is 2.57. The fourth-order valence-corrected chi connectivity index (χ4v) is 2.80. The molecule has 20 heavy (non-hydrogen) atoms. The Morgan fingerprint density at radius 3 is 2.35 bits per heavy atom. The van der Waals surface area contributed by atoms with Gasteiger partial charge >= 0.3 is 12.1 Å². The Morgan fingerprint density at radius 1 is 1.35 bits per heavy atom. The molecule has 0 aliphatic carbocycles. The summed E-state index contributed by atoms with van der Waals surface area (Å²) >= 11 is 0. The highest BCUT2D eigenvalue weighted by Gasteiger charge is 2.51. The quantitative estimate of drug-likeness (QED) is 0.789. The lowest BCUT2D eigenvalue weighted by atomic mass is 9.75. The number of carbonyl (C=O) groups is 2. The van der Waals surface area contributed by atoms with Gasteiger partial charge in [-0.25, -0.2) is 4.79 Å². The summed E-state index contributed by atoms with van der Waals surface area (Å²) in [7, 11) is 0. The van der Waals surface area contributed by atoms with Gasteiger partial charge in [0.2, 0.25) is 0 Å². The third-order valence-corrected chi connectivity index (χ3v) is 3.54. The van der Waals surface area contributed by atoms with Gasteiger partial charge in [0.05, 0.1) is 11.5 Å². The van der Waals surface area contributed by atoms with Crippen LogP contribution < -0.4 is 5.32 Å². The van der Waals surface area contributed by atoms with Crippen molar-refractivity contribution in [1.82, 2.24) is 5.32 Å². The Hall–Kier alpha value is -1.26. The van der Waals surface area contributed by atoms with Crippen molar-refractivity contribution in [3.63, 3.8) is 0 Å². The van der Waals surface area contributed by atoms with Crippen LogP contribution in [0.5, 0.6) is 0 Å². The van der Waals surface area contributed by atoms with Crippen LogP contribution in [0.1, 0.15) is 60.3 Å². The molecule has 1 rings (SSSR count). The second-order valence-corrected chi connectivity index (χ2v) is 6.45. The van der Waals surface area contributed by atoms with Gasteiger partial charge < -0.3 is 14.8 Å². The molecule has 116 valence electrons. The molecule has 1 unspecified atom stereocenters. The molecular formula is C15H27NO4. The van der Waals surface area contributed by atoms with Crippen LogP contribution in [0.25, 0.3) is 0 Å². The minimum atomic E-state index is -0.597. The van der Waals surface area contributed by atoms with Crippen molar-refractivity contribution >= 4 is 12.1 Å². The van der Waals surface area contributed by atoms with E-state index < -0.39 is 17.1 Å². The number of ether oxygens (including phenoxy) is 2. The van der Waals surface area contributed by atoms with Gasteiger partial charge in [0, 0.05) is 0 Å². The van der Waals surface area contributed by atoms with E-state index in [1.807, 2.05) is 34.6 Å². The Morgan fingerprint density at radius 2 is 1.90 bits per heavy atom. The van der Waals surface area contributed by atoms with Crippen LogP contribution in [-0.2, 0) is 14.3 Å². The zero-order valence-electron chi connectivity index (χ0n) is 13.2. The number of carbonyl (C=O) groups excluding carboxylic acids is 2. The van der Waals surface area contributed by atoms with Gasteiger partial charge in [-0.3, -0.25) is 4.79 Å². The maximum Gasteiger partial charge on any atom is 0.408 e. The molecule has 0 aromatic heterocycles. The van der Waals surface area contributed by atoms with E-state index in [0.29, 0.717) is 0 Å². The number of esters is 1. The fraction of sp³-hybridized carbons (Fsp3) is 0.867. The van der Waals surface area contributed by atoms with Gasteiger partial charge in [-0.1, -0.05) is 26.7 Å². The van der Waals surface area contributed by atoms with Crippen LogP contribution in [0, 0.1) is 5.41 Å². The zero-order chi connectivity index (χ0) is 15.4. The summed E-state index contributed by atoms with van der Waals surface area (Å²) in [5.41, 5.74) is -1.15. The zero-order valence-corrected chi connectivity index (χ0v) is 13.2. The molecule has 1 aliphatic rings. The van der Waals surface area contributed by atoms with E-state index in [-0.39, 0.29) is 18.6 Å². The van der Waals surface area contributed by atoms with Crippen molar-refractivity contribution < 1.29 is 19.1 Å². The second kappa shape index (κ2) is 6.46. The first-order valence-electron chi connectivity index (χ1n) is 7.42. The van der Waals surface area contributed by atoms with E-state index in [9.17, 15) is 9.59 Å². The minimum Gasteiger partial charge on any atom is -0.463 e. The monoisotopic (exact) mass is 285 g/mol. The van der Waals surface area contributed by atoms with Crippen molar-refractivity contribution in [2.75, 3.05) is 6.61 Å². The van der Waals surface area contributed by atoms with Crippen molar-refractivity contribution in [2.45, 2.75) is 71.9 Å². The van der Waals surface area contributed by atoms with Crippen molar-refractivity contribution in [3.8, 4) is 0 Å². The Kier molecular flexibility index (Phi) is 5.42. The van der Waals surface area contributed by atoms with Gasteiger partial charge in [0.1, 0.15) is 12.2 Å². The van der Waals surface area contributed by atoms with Gasteiger partial charge in [0.25, 0.3) is 0 Å². The largest absolute Gasteiger partial charge is 0.463 e. The lowest BCUT2D eigenvalue weighted by Gasteiger charge is -2.31. The molecule has 5 nitrogen and oxygen atoms in total. The summed E-state index contributed by atoms with van der Waals surface area (Å²) in [4.78, 5) is 24.1. The average molecular weight is 285 g/mol. The molecule has 1 saturated heterocycles. The van der Waals surface area contributed by atoms with Gasteiger partial charge in [-0.15, -0.1) is 0 Å². The van der Waals surface area contributed by atoms with Crippen LogP contribution in [0.3, 0.4) is 0 Å². The number of rotatable bonds is 5. The van der Waals surface area contributed by atoms with Gasteiger partial charge in [-0.05, 0) is 33.6 Å². The standard InChI is InChI=1S/C15H27NO4/c1-6-8-15(9-7-2)11(10-19-12(15)17)16-13(18)20-14(3,4)5/h11H,6-10H2,1-5H3,(H,16,18). The molecule has 1 N–H and O–H groups in total. The lowest BCUT2D eigenvalue weighted by molar-refractivity contribution is -0.147. The van der Waals surface area contributed by atoms with Gasteiger partial charge in [-0.2, -0.15) is 0 Å². The van der Waals surface area contributed by atoms with Crippen LogP contribution in [0.15, 0.2) is 0 Å². The van der Waals surface area contributed by atoms with E-state index in [4.69, 9.17) is 9.47 Å². The summed E-state index contributed by atoms with van der Waals surface area (Å²) in [6, 6.07) is -0.301. The van der Waals surface area contributed by atoms with Crippen LogP contribution >= 0.6 is 0 Å².